The SMILES string of the molecule is C/C=C\c1cc(N(c2ccccc2)c2ccc(N(C3=CCC(C)(N(c4ccccc4)c4ccc5ccccc5c4)C=C3)c3ccc(N(c4ccccc4)c4ccc5ccccc5c4)cc3)cc2)ccc1C. The molecule has 0 saturated carbocycles. The summed E-state index contributed by atoms with van der Waals surface area (Å²) in [6.07, 6.45) is 12.2. The lowest BCUT2D eigenvalue weighted by Crippen LogP contribution is -2.43. The van der Waals surface area contributed by atoms with Crippen molar-refractivity contribution < 1.29 is 0 Å². The molecule has 0 bridgehead atoms. The van der Waals surface area contributed by atoms with E-state index in [4.69, 9.17) is 0 Å². The van der Waals surface area contributed by atoms with E-state index >= 15 is 0 Å². The fraction of sp³-hybridized carbons (Fsp3) is 0.0746. The Labute approximate surface area is 418 Å². The molecule has 0 saturated heterocycles. The normalized spacial score (nSPS) is 14.4. The van der Waals surface area contributed by atoms with Gasteiger partial charge < -0.3 is 19.6 Å². The lowest BCUT2D eigenvalue weighted by atomic mass is 9.88. The number of rotatable bonds is 13. The summed E-state index contributed by atoms with van der Waals surface area (Å²) in [6, 6.07) is 87.6. The van der Waals surface area contributed by atoms with E-state index in [9.17, 15) is 0 Å². The van der Waals surface area contributed by atoms with E-state index in [0.717, 1.165) is 69.0 Å². The highest BCUT2D eigenvalue weighted by Crippen LogP contribution is 2.44. The number of aryl methyl sites for hydroxylation is 1. The van der Waals surface area contributed by atoms with Gasteiger partial charge >= 0.3 is 0 Å². The fourth-order valence-corrected chi connectivity index (χ4v) is 10.1. The van der Waals surface area contributed by atoms with E-state index in [1.54, 1.807) is 0 Å². The third-order valence-electron chi connectivity index (χ3n) is 13.7. The van der Waals surface area contributed by atoms with Gasteiger partial charge in [-0.25, -0.2) is 0 Å². The zero-order valence-electron chi connectivity index (χ0n) is 40.5. The van der Waals surface area contributed by atoms with Crippen molar-refractivity contribution in [1.82, 2.24) is 0 Å². The molecule has 11 rings (SSSR count). The number of nitrogens with zero attached hydrogens (tertiary/aromatic N) is 4. The Hall–Kier alpha value is -8.86. The van der Waals surface area contributed by atoms with E-state index < -0.39 is 0 Å². The number of anilines is 10. The number of allylic oxidation sites excluding steroid dienone is 2. The average Bonchev–Trinajstić information content (AvgIpc) is 3.42. The summed E-state index contributed by atoms with van der Waals surface area (Å²) in [5.41, 5.74) is 14.2. The van der Waals surface area contributed by atoms with E-state index in [-0.39, 0.29) is 5.54 Å². The van der Waals surface area contributed by atoms with Crippen LogP contribution < -0.4 is 19.6 Å². The van der Waals surface area contributed by atoms with Gasteiger partial charge in [0.15, 0.2) is 0 Å². The summed E-state index contributed by atoms with van der Waals surface area (Å²) in [5.74, 6) is 0. The van der Waals surface area contributed by atoms with Crippen molar-refractivity contribution in [3.8, 4) is 0 Å². The molecule has 0 heterocycles. The first kappa shape index (κ1) is 44.6. The summed E-state index contributed by atoms with van der Waals surface area (Å²) in [7, 11) is 0. The quantitative estimate of drug-likeness (QED) is 0.114. The van der Waals surface area contributed by atoms with Crippen LogP contribution in [0.2, 0.25) is 0 Å². The molecule has 1 aliphatic rings. The van der Waals surface area contributed by atoms with Crippen molar-refractivity contribution in [2.75, 3.05) is 19.6 Å². The number of hydrogen-bond donors (Lipinski definition) is 0. The molecular formula is C67H56N4. The molecule has 0 N–H and O–H groups in total. The number of para-hydroxylation sites is 3. The minimum atomic E-state index is -0.362. The van der Waals surface area contributed by atoms with Crippen LogP contribution in [0.1, 0.15) is 31.4 Å². The molecule has 0 radical (unpaired) electrons. The topological polar surface area (TPSA) is 13.0 Å². The van der Waals surface area contributed by atoms with Gasteiger partial charge in [-0.15, -0.1) is 0 Å². The second-order valence-electron chi connectivity index (χ2n) is 18.5. The van der Waals surface area contributed by atoms with Crippen LogP contribution in [0.4, 0.5) is 56.9 Å². The molecule has 10 aromatic rings. The monoisotopic (exact) mass is 916 g/mol. The van der Waals surface area contributed by atoms with Crippen LogP contribution in [0.5, 0.6) is 0 Å². The lowest BCUT2D eigenvalue weighted by Gasteiger charge is -2.43. The van der Waals surface area contributed by atoms with Gasteiger partial charge in [0.05, 0.1) is 5.54 Å². The van der Waals surface area contributed by atoms with E-state index in [2.05, 4.69) is 313 Å². The summed E-state index contributed by atoms with van der Waals surface area (Å²) in [6.45, 7) is 6.60. The molecule has 1 unspecified atom stereocenters. The van der Waals surface area contributed by atoms with Crippen LogP contribution >= 0.6 is 0 Å². The molecule has 0 amide bonds. The minimum Gasteiger partial charge on any atom is -0.332 e. The van der Waals surface area contributed by atoms with Gasteiger partial charge in [0, 0.05) is 62.6 Å². The Kier molecular flexibility index (Phi) is 12.3. The Bertz CT molecular complexity index is 3540. The molecular weight excluding hydrogens is 861 g/mol. The summed E-state index contributed by atoms with van der Waals surface area (Å²) in [4.78, 5) is 9.58. The second kappa shape index (κ2) is 19.6. The molecule has 0 aliphatic heterocycles. The van der Waals surface area contributed by atoms with E-state index in [1.807, 2.05) is 0 Å². The first-order chi connectivity index (χ1) is 34.9. The van der Waals surface area contributed by atoms with E-state index in [1.165, 1.54) is 32.7 Å². The van der Waals surface area contributed by atoms with Crippen molar-refractivity contribution >= 4 is 84.5 Å². The van der Waals surface area contributed by atoms with Crippen molar-refractivity contribution in [2.45, 2.75) is 32.7 Å². The van der Waals surface area contributed by atoms with Gasteiger partial charge in [0.1, 0.15) is 0 Å². The minimum absolute atomic E-state index is 0.362. The fourth-order valence-electron chi connectivity index (χ4n) is 10.1. The second-order valence-corrected chi connectivity index (χ2v) is 18.5. The number of benzene rings is 10. The average molecular weight is 917 g/mol. The van der Waals surface area contributed by atoms with Crippen molar-refractivity contribution in [3.63, 3.8) is 0 Å². The van der Waals surface area contributed by atoms with Crippen LogP contribution in [0, 0.1) is 6.92 Å². The van der Waals surface area contributed by atoms with Gasteiger partial charge in [-0.3, -0.25) is 0 Å². The Morgan fingerprint density at radius 2 is 0.775 bits per heavy atom. The van der Waals surface area contributed by atoms with Crippen LogP contribution in [-0.2, 0) is 0 Å². The molecule has 1 aliphatic carbocycles. The molecule has 1 atom stereocenters. The maximum Gasteiger partial charge on any atom is 0.0644 e. The molecule has 0 spiro atoms. The Balaban J connectivity index is 1.00. The molecule has 4 heteroatoms. The molecule has 0 aromatic heterocycles. The predicted octanol–water partition coefficient (Wildman–Crippen LogP) is 18.9. The highest BCUT2D eigenvalue weighted by molar-refractivity contribution is 5.90. The molecule has 0 fully saturated rings. The maximum absolute atomic E-state index is 2.49. The third kappa shape index (κ3) is 9.12. The predicted molar refractivity (Wildman–Crippen MR) is 304 cm³/mol. The van der Waals surface area contributed by atoms with Crippen LogP contribution in [-0.4, -0.2) is 5.54 Å². The summed E-state index contributed by atoms with van der Waals surface area (Å²) in [5, 5.41) is 4.89. The zero-order chi connectivity index (χ0) is 48.2. The highest BCUT2D eigenvalue weighted by atomic mass is 15.2. The van der Waals surface area contributed by atoms with Crippen LogP contribution in [0.25, 0.3) is 27.6 Å². The summed E-state index contributed by atoms with van der Waals surface area (Å²) < 4.78 is 0. The summed E-state index contributed by atoms with van der Waals surface area (Å²) >= 11 is 0. The van der Waals surface area contributed by atoms with Gasteiger partial charge in [-0.1, -0.05) is 146 Å². The standard InChI is InChI=1S/C67H56N4/c1-4-18-53-47-64(32-29-50(53)2)69(56-23-8-5-9-24-56)60-39-35-58(36-40-60)68(59-37-41-61(42-38-59)70(57-25-10-6-11-26-57)65-33-30-51-19-14-16-21-54(51)48-65)62-43-45-67(3,46-44-62)71(63-27-12-7-13-28-63)66-34-31-52-20-15-17-22-55(52)49-66/h4-45,47-49H,46H2,1-3H3/b18-4-. The molecule has 4 nitrogen and oxygen atoms in total. The first-order valence-corrected chi connectivity index (χ1v) is 24.6. The van der Waals surface area contributed by atoms with Crippen molar-refractivity contribution in [2.24, 2.45) is 0 Å². The largest absolute Gasteiger partial charge is 0.332 e. The van der Waals surface area contributed by atoms with Crippen molar-refractivity contribution in [1.29, 1.82) is 0 Å². The van der Waals surface area contributed by atoms with Gasteiger partial charge in [0.25, 0.3) is 0 Å². The lowest BCUT2D eigenvalue weighted by molar-refractivity contribution is 0.567. The molecule has 71 heavy (non-hydrogen) atoms. The Morgan fingerprint density at radius 1 is 0.380 bits per heavy atom. The van der Waals surface area contributed by atoms with Crippen molar-refractivity contribution in [3.05, 3.63) is 284 Å². The van der Waals surface area contributed by atoms with Gasteiger partial charge in [-0.2, -0.15) is 0 Å². The maximum atomic E-state index is 2.49. The third-order valence-corrected chi connectivity index (χ3v) is 13.7. The van der Waals surface area contributed by atoms with Crippen LogP contribution in [0.15, 0.2) is 273 Å². The molecule has 10 aromatic carbocycles. The van der Waals surface area contributed by atoms with Gasteiger partial charge in [-0.05, 0) is 187 Å². The Morgan fingerprint density at radius 3 is 1.27 bits per heavy atom. The number of hydrogen-bond acceptors (Lipinski definition) is 4. The highest BCUT2D eigenvalue weighted by Gasteiger charge is 2.33. The smallest absolute Gasteiger partial charge is 0.0644 e. The van der Waals surface area contributed by atoms with E-state index in [0.29, 0.717) is 0 Å². The molecule has 344 valence electrons. The van der Waals surface area contributed by atoms with Crippen LogP contribution in [0.3, 0.4) is 0 Å². The number of fused-ring (bicyclic) bond motifs is 2. The first-order valence-electron chi connectivity index (χ1n) is 24.6. The van der Waals surface area contributed by atoms with Gasteiger partial charge in [0.2, 0.25) is 0 Å². The zero-order valence-corrected chi connectivity index (χ0v) is 40.5.